The van der Waals surface area contributed by atoms with Gasteiger partial charge in [-0.25, -0.2) is 4.79 Å². The summed E-state index contributed by atoms with van der Waals surface area (Å²) in [4.78, 5) is 11.1. The molecule has 0 saturated heterocycles. The number of phenolic OH excluding ortho intramolecular Hbond substituents is 1. The summed E-state index contributed by atoms with van der Waals surface area (Å²) in [6.45, 7) is 4.79. The number of phenols is 1. The van der Waals surface area contributed by atoms with Crippen molar-refractivity contribution in [2.75, 3.05) is 13.2 Å². The van der Waals surface area contributed by atoms with Crippen LogP contribution in [0.15, 0.2) is 66.7 Å². The van der Waals surface area contributed by atoms with Crippen LogP contribution in [0.5, 0.6) is 11.5 Å². The first-order valence-electron chi connectivity index (χ1n) is 10.1. The van der Waals surface area contributed by atoms with Crippen LogP contribution in [-0.4, -0.2) is 40.5 Å². The van der Waals surface area contributed by atoms with Gasteiger partial charge in [0, 0.05) is 12.6 Å². The number of rotatable bonds is 9. The van der Waals surface area contributed by atoms with Gasteiger partial charge in [-0.1, -0.05) is 30.3 Å². The molecule has 0 aliphatic heterocycles. The van der Waals surface area contributed by atoms with Gasteiger partial charge in [-0.3, -0.25) is 0 Å². The van der Waals surface area contributed by atoms with E-state index >= 15 is 0 Å². The summed E-state index contributed by atoms with van der Waals surface area (Å²) in [7, 11) is 0. The van der Waals surface area contributed by atoms with Crippen LogP contribution >= 0.6 is 0 Å². The third kappa shape index (κ3) is 5.84. The van der Waals surface area contributed by atoms with E-state index in [4.69, 9.17) is 9.84 Å². The summed E-state index contributed by atoms with van der Waals surface area (Å²) < 4.78 is 5.77. The maximum atomic E-state index is 11.1. The molecule has 3 rings (SSSR count). The highest BCUT2D eigenvalue weighted by atomic mass is 16.5. The molecule has 0 aliphatic carbocycles. The number of aryl methyl sites for hydroxylation is 1. The van der Waals surface area contributed by atoms with Crippen LogP contribution in [0.25, 0.3) is 11.1 Å². The molecule has 0 amide bonds. The Labute approximate surface area is 181 Å². The number of hydrogen-bond donors (Lipinski definition) is 4. The van der Waals surface area contributed by atoms with E-state index in [1.165, 1.54) is 0 Å². The molecule has 6 nitrogen and oxygen atoms in total. The second-order valence-corrected chi connectivity index (χ2v) is 7.49. The molecule has 3 aromatic rings. The van der Waals surface area contributed by atoms with E-state index < -0.39 is 12.1 Å². The fourth-order valence-electron chi connectivity index (χ4n) is 3.38. The Morgan fingerprint density at radius 2 is 1.71 bits per heavy atom. The molecule has 0 heterocycles. The largest absolute Gasteiger partial charge is 0.508 e. The quantitative estimate of drug-likeness (QED) is 0.387. The Morgan fingerprint density at radius 3 is 2.32 bits per heavy atom. The first kappa shape index (κ1) is 22.3. The Hall–Kier alpha value is -3.35. The average molecular weight is 421 g/mol. The standard InChI is InChI=1S/C25H27NO5/c1-16-15-20(25(29)30)7-12-23(16)18-5-10-22(11-6-18)31-14-13-26-17(2)24(28)19-3-8-21(27)9-4-19/h3-12,15,17,24,26-28H,13-14H2,1-2H3,(H,29,30)/t17-,24+/m1/s1. The highest BCUT2D eigenvalue weighted by Crippen LogP contribution is 2.26. The Bertz CT molecular complexity index is 1020. The molecule has 0 bridgehead atoms. The predicted molar refractivity (Wildman–Crippen MR) is 120 cm³/mol. The number of aliphatic hydroxyl groups is 1. The maximum absolute atomic E-state index is 11.1. The van der Waals surface area contributed by atoms with Crippen molar-refractivity contribution in [3.8, 4) is 22.6 Å². The molecule has 3 aromatic carbocycles. The number of carboxylic acid groups (broad SMARTS) is 1. The van der Waals surface area contributed by atoms with Gasteiger partial charge >= 0.3 is 5.97 Å². The molecule has 0 aliphatic rings. The molecular weight excluding hydrogens is 394 g/mol. The fourth-order valence-corrected chi connectivity index (χ4v) is 3.38. The average Bonchev–Trinajstić information content (AvgIpc) is 2.77. The number of hydrogen-bond acceptors (Lipinski definition) is 5. The summed E-state index contributed by atoms with van der Waals surface area (Å²) in [5.41, 5.74) is 3.89. The predicted octanol–water partition coefficient (Wildman–Crippen LogP) is 4.16. The van der Waals surface area contributed by atoms with Gasteiger partial charge in [0.05, 0.1) is 11.7 Å². The normalized spacial score (nSPS) is 12.9. The number of aromatic hydroxyl groups is 1. The van der Waals surface area contributed by atoms with Crippen LogP contribution in [0.1, 0.15) is 34.5 Å². The minimum Gasteiger partial charge on any atom is -0.508 e. The number of benzene rings is 3. The minimum absolute atomic E-state index is 0.170. The van der Waals surface area contributed by atoms with Crippen molar-refractivity contribution in [1.29, 1.82) is 0 Å². The summed E-state index contributed by atoms with van der Waals surface area (Å²) in [5, 5.41) is 32.1. The van der Waals surface area contributed by atoms with Gasteiger partial charge in [-0.2, -0.15) is 0 Å². The third-order valence-electron chi connectivity index (χ3n) is 5.18. The molecule has 0 saturated carbocycles. The fraction of sp³-hybridized carbons (Fsp3) is 0.240. The van der Waals surface area contributed by atoms with Gasteiger partial charge in [0.1, 0.15) is 18.1 Å². The van der Waals surface area contributed by atoms with Gasteiger partial charge < -0.3 is 25.4 Å². The second-order valence-electron chi connectivity index (χ2n) is 7.49. The molecule has 6 heteroatoms. The maximum Gasteiger partial charge on any atom is 0.335 e. The highest BCUT2D eigenvalue weighted by molar-refractivity contribution is 5.89. The molecule has 31 heavy (non-hydrogen) atoms. The van der Waals surface area contributed by atoms with Crippen molar-refractivity contribution in [3.05, 3.63) is 83.4 Å². The van der Waals surface area contributed by atoms with E-state index in [-0.39, 0.29) is 17.4 Å². The Kier molecular flexibility index (Phi) is 7.28. The van der Waals surface area contributed by atoms with Crippen molar-refractivity contribution < 1.29 is 24.9 Å². The van der Waals surface area contributed by atoms with Gasteiger partial charge in [-0.05, 0) is 72.5 Å². The van der Waals surface area contributed by atoms with Gasteiger partial charge in [0.25, 0.3) is 0 Å². The Balaban J connectivity index is 1.49. The first-order chi connectivity index (χ1) is 14.8. The van der Waals surface area contributed by atoms with Crippen LogP contribution in [0, 0.1) is 6.92 Å². The van der Waals surface area contributed by atoms with Crippen LogP contribution < -0.4 is 10.1 Å². The lowest BCUT2D eigenvalue weighted by Crippen LogP contribution is -2.35. The number of nitrogens with one attached hydrogen (secondary N) is 1. The van der Waals surface area contributed by atoms with E-state index in [0.29, 0.717) is 13.2 Å². The summed E-state index contributed by atoms with van der Waals surface area (Å²) in [6, 6.07) is 19.1. The molecule has 0 unspecified atom stereocenters. The van der Waals surface area contributed by atoms with Crippen molar-refractivity contribution in [2.24, 2.45) is 0 Å². The molecule has 0 radical (unpaired) electrons. The molecule has 0 fully saturated rings. The zero-order valence-electron chi connectivity index (χ0n) is 17.6. The third-order valence-corrected chi connectivity index (χ3v) is 5.18. The second kappa shape index (κ2) is 10.1. The number of aliphatic hydroxyl groups excluding tert-OH is 1. The van der Waals surface area contributed by atoms with E-state index in [9.17, 15) is 15.0 Å². The smallest absolute Gasteiger partial charge is 0.335 e. The van der Waals surface area contributed by atoms with Gasteiger partial charge in [0.2, 0.25) is 0 Å². The van der Waals surface area contributed by atoms with E-state index in [1.54, 1.807) is 36.4 Å². The zero-order valence-corrected chi connectivity index (χ0v) is 17.6. The van der Waals surface area contributed by atoms with Crippen LogP contribution in [0.2, 0.25) is 0 Å². The first-order valence-corrected chi connectivity index (χ1v) is 10.1. The van der Waals surface area contributed by atoms with E-state index in [0.717, 1.165) is 28.0 Å². The van der Waals surface area contributed by atoms with Crippen molar-refractivity contribution in [2.45, 2.75) is 26.0 Å². The van der Waals surface area contributed by atoms with Gasteiger partial charge in [0.15, 0.2) is 0 Å². The van der Waals surface area contributed by atoms with Crippen LogP contribution in [0.4, 0.5) is 0 Å². The summed E-state index contributed by atoms with van der Waals surface area (Å²) in [5.74, 6) is -0.0302. The lowest BCUT2D eigenvalue weighted by atomic mass is 9.98. The van der Waals surface area contributed by atoms with E-state index in [1.807, 2.05) is 44.2 Å². The van der Waals surface area contributed by atoms with E-state index in [2.05, 4.69) is 5.32 Å². The lowest BCUT2D eigenvalue weighted by Gasteiger charge is -2.21. The van der Waals surface area contributed by atoms with Crippen molar-refractivity contribution in [3.63, 3.8) is 0 Å². The SMILES string of the molecule is Cc1cc(C(=O)O)ccc1-c1ccc(OCCN[C@H](C)[C@H](O)c2ccc(O)cc2)cc1. The molecule has 0 spiro atoms. The summed E-state index contributed by atoms with van der Waals surface area (Å²) >= 11 is 0. The Morgan fingerprint density at radius 1 is 1.03 bits per heavy atom. The van der Waals surface area contributed by atoms with Crippen LogP contribution in [-0.2, 0) is 0 Å². The van der Waals surface area contributed by atoms with Crippen LogP contribution in [0.3, 0.4) is 0 Å². The number of aromatic carboxylic acids is 1. The summed E-state index contributed by atoms with van der Waals surface area (Å²) in [6.07, 6.45) is -0.685. The molecule has 4 N–H and O–H groups in total. The van der Waals surface area contributed by atoms with Crippen molar-refractivity contribution >= 4 is 5.97 Å². The lowest BCUT2D eigenvalue weighted by molar-refractivity contribution is 0.0696. The number of carboxylic acids is 1. The highest BCUT2D eigenvalue weighted by Gasteiger charge is 2.15. The molecule has 0 aromatic heterocycles. The number of carbonyl (C=O) groups is 1. The monoisotopic (exact) mass is 421 g/mol. The number of ether oxygens (including phenoxy) is 1. The molecule has 162 valence electrons. The minimum atomic E-state index is -0.933. The van der Waals surface area contributed by atoms with Crippen molar-refractivity contribution in [1.82, 2.24) is 5.32 Å². The molecular formula is C25H27NO5. The molecule has 2 atom stereocenters. The zero-order chi connectivity index (χ0) is 22.4. The van der Waals surface area contributed by atoms with Gasteiger partial charge in [-0.15, -0.1) is 0 Å². The topological polar surface area (TPSA) is 99.0 Å².